The van der Waals surface area contributed by atoms with Crippen molar-refractivity contribution in [2.24, 2.45) is 0 Å². The lowest BCUT2D eigenvalue weighted by Crippen LogP contribution is -2.54. The molecule has 3 nitrogen and oxygen atoms in total. The summed E-state index contributed by atoms with van der Waals surface area (Å²) >= 11 is 0. The van der Waals surface area contributed by atoms with Crippen LogP contribution in [0.4, 0.5) is 4.79 Å². The molecule has 1 heterocycles. The van der Waals surface area contributed by atoms with Gasteiger partial charge < -0.3 is 10.2 Å². The highest BCUT2D eigenvalue weighted by Gasteiger charge is 2.40. The number of nitrogens with zero attached hydrogens (tertiary/aromatic N) is 1. The lowest BCUT2D eigenvalue weighted by Gasteiger charge is -2.43. The monoisotopic (exact) mass is 244 g/mol. The fourth-order valence-electron chi connectivity index (χ4n) is 2.98. The zero-order valence-electron chi connectivity index (χ0n) is 10.7. The standard InChI is InChI=1S/C15H20N2O/c18-14(17-11-4-5-12-17)16-15(9-6-10-15)13-7-2-1-3-8-13/h1-3,7-8H,4-6,9-12H2,(H,16,18). The van der Waals surface area contributed by atoms with Gasteiger partial charge in [0.1, 0.15) is 0 Å². The summed E-state index contributed by atoms with van der Waals surface area (Å²) in [7, 11) is 0. The van der Waals surface area contributed by atoms with Crippen molar-refractivity contribution in [2.45, 2.75) is 37.6 Å². The highest BCUT2D eigenvalue weighted by atomic mass is 16.2. The van der Waals surface area contributed by atoms with Crippen LogP contribution in [0.25, 0.3) is 0 Å². The molecule has 18 heavy (non-hydrogen) atoms. The molecule has 1 aliphatic heterocycles. The molecule has 2 fully saturated rings. The number of hydrogen-bond donors (Lipinski definition) is 1. The third-order valence-corrected chi connectivity index (χ3v) is 4.27. The molecular weight excluding hydrogens is 224 g/mol. The Morgan fingerprint density at radius 1 is 1.06 bits per heavy atom. The molecule has 2 aliphatic rings. The SMILES string of the molecule is O=C(NC1(c2ccccc2)CCC1)N1CCCC1. The van der Waals surface area contributed by atoms with E-state index in [0.717, 1.165) is 38.8 Å². The lowest BCUT2D eigenvalue weighted by molar-refractivity contribution is 0.156. The fraction of sp³-hybridized carbons (Fsp3) is 0.533. The maximum Gasteiger partial charge on any atom is 0.318 e. The molecule has 0 unspecified atom stereocenters. The van der Waals surface area contributed by atoms with E-state index in [1.807, 2.05) is 11.0 Å². The van der Waals surface area contributed by atoms with Gasteiger partial charge in [0.05, 0.1) is 5.54 Å². The van der Waals surface area contributed by atoms with Crippen LogP contribution in [0.1, 0.15) is 37.7 Å². The minimum Gasteiger partial charge on any atom is -0.328 e. The Bertz CT molecular complexity index is 419. The minimum absolute atomic E-state index is 0.0963. The van der Waals surface area contributed by atoms with Crippen molar-refractivity contribution in [3.05, 3.63) is 35.9 Å². The van der Waals surface area contributed by atoms with Gasteiger partial charge in [-0.2, -0.15) is 0 Å². The summed E-state index contributed by atoms with van der Waals surface area (Å²) in [5.74, 6) is 0. The number of amides is 2. The first kappa shape index (κ1) is 11.6. The number of urea groups is 1. The largest absolute Gasteiger partial charge is 0.328 e. The maximum absolute atomic E-state index is 12.2. The number of hydrogen-bond acceptors (Lipinski definition) is 1. The van der Waals surface area contributed by atoms with E-state index in [2.05, 4.69) is 29.6 Å². The van der Waals surface area contributed by atoms with Crippen molar-refractivity contribution in [3.8, 4) is 0 Å². The van der Waals surface area contributed by atoms with Crippen LogP contribution in [0.2, 0.25) is 0 Å². The number of carbonyl (C=O) groups excluding carboxylic acids is 1. The second-order valence-corrected chi connectivity index (χ2v) is 5.43. The van der Waals surface area contributed by atoms with Crippen LogP contribution in [-0.2, 0) is 5.54 Å². The first-order valence-corrected chi connectivity index (χ1v) is 6.93. The van der Waals surface area contributed by atoms with Crippen molar-refractivity contribution >= 4 is 6.03 Å². The van der Waals surface area contributed by atoms with Gasteiger partial charge in [0.15, 0.2) is 0 Å². The Morgan fingerprint density at radius 2 is 1.72 bits per heavy atom. The minimum atomic E-state index is -0.0963. The Hall–Kier alpha value is -1.51. The van der Waals surface area contributed by atoms with Crippen molar-refractivity contribution in [2.75, 3.05) is 13.1 Å². The van der Waals surface area contributed by atoms with Gasteiger partial charge in [-0.15, -0.1) is 0 Å². The highest BCUT2D eigenvalue weighted by Crippen LogP contribution is 2.41. The molecule has 0 radical (unpaired) electrons. The normalized spacial score (nSPS) is 21.4. The van der Waals surface area contributed by atoms with Gasteiger partial charge >= 0.3 is 6.03 Å². The molecule has 0 atom stereocenters. The number of rotatable bonds is 2. The van der Waals surface area contributed by atoms with Gasteiger partial charge in [-0.25, -0.2) is 4.79 Å². The highest BCUT2D eigenvalue weighted by molar-refractivity contribution is 5.75. The summed E-state index contributed by atoms with van der Waals surface area (Å²) in [6.07, 6.45) is 5.62. The molecule has 1 aliphatic carbocycles. The zero-order valence-corrected chi connectivity index (χ0v) is 10.7. The van der Waals surface area contributed by atoms with Crippen molar-refractivity contribution < 1.29 is 4.79 Å². The van der Waals surface area contributed by atoms with Crippen molar-refractivity contribution in [1.82, 2.24) is 10.2 Å². The average molecular weight is 244 g/mol. The first-order chi connectivity index (χ1) is 8.80. The number of nitrogens with one attached hydrogen (secondary N) is 1. The van der Waals surface area contributed by atoms with Gasteiger partial charge in [-0.1, -0.05) is 30.3 Å². The Balaban J connectivity index is 1.74. The number of benzene rings is 1. The van der Waals surface area contributed by atoms with Crippen LogP contribution in [-0.4, -0.2) is 24.0 Å². The third kappa shape index (κ3) is 1.98. The van der Waals surface area contributed by atoms with E-state index >= 15 is 0 Å². The van der Waals surface area contributed by atoms with Gasteiger partial charge in [0, 0.05) is 13.1 Å². The molecule has 0 aromatic heterocycles. The smallest absolute Gasteiger partial charge is 0.318 e. The van der Waals surface area contributed by atoms with Crippen molar-refractivity contribution in [1.29, 1.82) is 0 Å². The van der Waals surface area contributed by atoms with E-state index in [-0.39, 0.29) is 11.6 Å². The van der Waals surface area contributed by atoms with Crippen LogP contribution >= 0.6 is 0 Å². The second kappa shape index (κ2) is 4.63. The molecule has 3 heteroatoms. The fourth-order valence-corrected chi connectivity index (χ4v) is 2.98. The lowest BCUT2D eigenvalue weighted by atomic mass is 9.72. The van der Waals surface area contributed by atoms with Gasteiger partial charge in [-0.05, 0) is 37.7 Å². The molecule has 0 bridgehead atoms. The van der Waals surface area contributed by atoms with E-state index < -0.39 is 0 Å². The Labute approximate surface area is 108 Å². The van der Waals surface area contributed by atoms with E-state index in [1.54, 1.807) is 0 Å². The van der Waals surface area contributed by atoms with Gasteiger partial charge in [0.2, 0.25) is 0 Å². The third-order valence-electron chi connectivity index (χ3n) is 4.27. The molecule has 1 saturated carbocycles. The van der Waals surface area contributed by atoms with E-state index in [0.29, 0.717) is 0 Å². The van der Waals surface area contributed by atoms with Crippen LogP contribution in [0.15, 0.2) is 30.3 Å². The van der Waals surface area contributed by atoms with Crippen LogP contribution in [0.5, 0.6) is 0 Å². The van der Waals surface area contributed by atoms with E-state index in [9.17, 15) is 4.79 Å². The molecule has 3 rings (SSSR count). The summed E-state index contributed by atoms with van der Waals surface area (Å²) < 4.78 is 0. The second-order valence-electron chi connectivity index (χ2n) is 5.43. The Kier molecular flexibility index (Phi) is 2.98. The van der Waals surface area contributed by atoms with Crippen LogP contribution < -0.4 is 5.32 Å². The maximum atomic E-state index is 12.2. The summed E-state index contributed by atoms with van der Waals surface area (Å²) in [6.45, 7) is 1.83. The average Bonchev–Trinajstić information content (AvgIpc) is 2.88. The van der Waals surface area contributed by atoms with E-state index in [4.69, 9.17) is 0 Å². The number of likely N-dealkylation sites (tertiary alicyclic amines) is 1. The molecule has 2 amide bonds. The van der Waals surface area contributed by atoms with Crippen molar-refractivity contribution in [3.63, 3.8) is 0 Å². The zero-order chi connectivity index (χ0) is 12.4. The molecular formula is C15H20N2O. The molecule has 96 valence electrons. The van der Waals surface area contributed by atoms with Crippen LogP contribution in [0.3, 0.4) is 0 Å². The predicted octanol–water partition coefficient (Wildman–Crippen LogP) is 2.87. The Morgan fingerprint density at radius 3 is 2.28 bits per heavy atom. The summed E-state index contributed by atoms with van der Waals surface area (Å²) in [5.41, 5.74) is 1.16. The molecule has 1 aromatic carbocycles. The predicted molar refractivity (Wildman–Crippen MR) is 71.3 cm³/mol. The van der Waals surface area contributed by atoms with Gasteiger partial charge in [0.25, 0.3) is 0 Å². The summed E-state index contributed by atoms with van der Waals surface area (Å²) in [5, 5.41) is 3.28. The van der Waals surface area contributed by atoms with Gasteiger partial charge in [-0.3, -0.25) is 0 Å². The molecule has 0 spiro atoms. The summed E-state index contributed by atoms with van der Waals surface area (Å²) in [4.78, 5) is 14.2. The molecule has 1 aromatic rings. The topological polar surface area (TPSA) is 32.3 Å². The first-order valence-electron chi connectivity index (χ1n) is 6.93. The number of carbonyl (C=O) groups is 1. The van der Waals surface area contributed by atoms with E-state index in [1.165, 1.54) is 12.0 Å². The molecule has 1 saturated heterocycles. The quantitative estimate of drug-likeness (QED) is 0.852. The van der Waals surface area contributed by atoms with Crippen LogP contribution in [0, 0.1) is 0 Å². The summed E-state index contributed by atoms with van der Waals surface area (Å²) in [6, 6.07) is 10.5. The molecule has 1 N–H and O–H groups in total.